The molecule has 1 aliphatic rings. The van der Waals surface area contributed by atoms with Gasteiger partial charge in [0.1, 0.15) is 17.0 Å². The van der Waals surface area contributed by atoms with E-state index in [1.165, 1.54) is 6.42 Å². The molecule has 0 saturated carbocycles. The van der Waals surface area contributed by atoms with Gasteiger partial charge < -0.3 is 14.6 Å². The van der Waals surface area contributed by atoms with Crippen molar-refractivity contribution in [2.75, 3.05) is 20.1 Å². The number of phenols is 1. The lowest BCUT2D eigenvalue weighted by Gasteiger charge is -2.30. The fraction of sp³-hybridized carbons (Fsp3) is 0.333. The number of nitrogens with zero attached hydrogens (tertiary/aromatic N) is 6. The molecule has 1 fully saturated rings. The number of piperidine rings is 1. The highest BCUT2D eigenvalue weighted by Crippen LogP contribution is 2.37. The summed E-state index contributed by atoms with van der Waals surface area (Å²) >= 11 is 0. The van der Waals surface area contributed by atoms with Crippen LogP contribution in [0.4, 0.5) is 0 Å². The molecule has 1 aliphatic heterocycles. The molecule has 0 amide bonds. The SMILES string of the molecule is Cc1c(-c2ccc3ncccc3c2O)nnc2c1ncn2[C@@H]1CCCN(C)C1. The number of pyridine rings is 1. The van der Waals surface area contributed by atoms with Crippen molar-refractivity contribution in [1.82, 2.24) is 29.6 Å². The van der Waals surface area contributed by atoms with E-state index < -0.39 is 0 Å². The first-order valence-corrected chi connectivity index (χ1v) is 9.59. The second-order valence-corrected chi connectivity index (χ2v) is 7.59. The van der Waals surface area contributed by atoms with Gasteiger partial charge in [0.2, 0.25) is 0 Å². The Bertz CT molecular complexity index is 1180. The van der Waals surface area contributed by atoms with Crippen molar-refractivity contribution >= 4 is 22.1 Å². The highest BCUT2D eigenvalue weighted by molar-refractivity contribution is 5.93. The van der Waals surface area contributed by atoms with Gasteiger partial charge in [0.25, 0.3) is 0 Å². The number of likely N-dealkylation sites (N-methyl/N-ethyl adjacent to an activating group) is 1. The largest absolute Gasteiger partial charge is 0.507 e. The van der Waals surface area contributed by atoms with E-state index >= 15 is 0 Å². The molecule has 1 aromatic carbocycles. The zero-order valence-electron chi connectivity index (χ0n) is 16.0. The van der Waals surface area contributed by atoms with Crippen LogP contribution in [0.3, 0.4) is 0 Å². The number of likely N-dealkylation sites (tertiary alicyclic amines) is 1. The molecule has 1 N–H and O–H groups in total. The molecule has 0 bridgehead atoms. The first-order chi connectivity index (χ1) is 13.6. The van der Waals surface area contributed by atoms with Crippen LogP contribution in [0.25, 0.3) is 33.3 Å². The van der Waals surface area contributed by atoms with Gasteiger partial charge in [-0.15, -0.1) is 10.2 Å². The summed E-state index contributed by atoms with van der Waals surface area (Å²) in [6.45, 7) is 4.12. The predicted molar refractivity (Wildman–Crippen MR) is 108 cm³/mol. The van der Waals surface area contributed by atoms with Crippen molar-refractivity contribution in [1.29, 1.82) is 0 Å². The third-order valence-corrected chi connectivity index (χ3v) is 5.73. The lowest BCUT2D eigenvalue weighted by atomic mass is 10.0. The molecule has 1 atom stereocenters. The molecule has 0 spiro atoms. The lowest BCUT2D eigenvalue weighted by molar-refractivity contribution is 0.214. The van der Waals surface area contributed by atoms with Gasteiger partial charge in [0.05, 0.1) is 11.8 Å². The summed E-state index contributed by atoms with van der Waals surface area (Å²) in [4.78, 5) is 11.3. The number of hydrogen-bond donors (Lipinski definition) is 1. The summed E-state index contributed by atoms with van der Waals surface area (Å²) in [6, 6.07) is 7.78. The zero-order valence-corrected chi connectivity index (χ0v) is 16.0. The van der Waals surface area contributed by atoms with Crippen molar-refractivity contribution in [3.8, 4) is 17.0 Å². The molecule has 0 unspecified atom stereocenters. The summed E-state index contributed by atoms with van der Waals surface area (Å²) in [6.07, 6.45) is 5.89. The Balaban J connectivity index is 1.63. The van der Waals surface area contributed by atoms with E-state index in [1.807, 2.05) is 37.5 Å². The number of fused-ring (bicyclic) bond motifs is 2. The second kappa shape index (κ2) is 6.53. The number of phenolic OH excluding ortho intramolecular Hbond substituents is 1. The van der Waals surface area contributed by atoms with Crippen LogP contribution in [0.1, 0.15) is 24.4 Å². The number of aromatic nitrogens is 5. The molecule has 1 saturated heterocycles. The minimum Gasteiger partial charge on any atom is -0.507 e. The highest BCUT2D eigenvalue weighted by Gasteiger charge is 2.23. The number of rotatable bonds is 2. The van der Waals surface area contributed by atoms with E-state index in [9.17, 15) is 5.11 Å². The van der Waals surface area contributed by atoms with Gasteiger partial charge in [-0.1, -0.05) is 0 Å². The number of hydrogen-bond acceptors (Lipinski definition) is 6. The minimum absolute atomic E-state index is 0.177. The van der Waals surface area contributed by atoms with E-state index in [0.717, 1.165) is 41.8 Å². The average molecular weight is 374 g/mol. The number of imidazole rings is 1. The van der Waals surface area contributed by atoms with Crippen molar-refractivity contribution in [2.24, 2.45) is 0 Å². The topological polar surface area (TPSA) is 80.0 Å². The van der Waals surface area contributed by atoms with Crippen LogP contribution in [0.15, 0.2) is 36.8 Å². The van der Waals surface area contributed by atoms with Crippen molar-refractivity contribution in [3.63, 3.8) is 0 Å². The van der Waals surface area contributed by atoms with E-state index in [2.05, 4.69) is 36.7 Å². The smallest absolute Gasteiger partial charge is 0.183 e. The van der Waals surface area contributed by atoms with Gasteiger partial charge >= 0.3 is 0 Å². The third-order valence-electron chi connectivity index (χ3n) is 5.73. The van der Waals surface area contributed by atoms with Gasteiger partial charge in [-0.05, 0) is 57.6 Å². The fourth-order valence-electron chi connectivity index (χ4n) is 4.22. The minimum atomic E-state index is 0.177. The van der Waals surface area contributed by atoms with E-state index in [4.69, 9.17) is 0 Å². The van der Waals surface area contributed by atoms with Crippen molar-refractivity contribution in [2.45, 2.75) is 25.8 Å². The summed E-state index contributed by atoms with van der Waals surface area (Å²) in [5.74, 6) is 0.177. The van der Waals surface area contributed by atoms with Gasteiger partial charge in [0, 0.05) is 35.3 Å². The van der Waals surface area contributed by atoms with Crippen LogP contribution in [0.2, 0.25) is 0 Å². The number of aromatic hydroxyl groups is 1. The van der Waals surface area contributed by atoms with Crippen molar-refractivity contribution in [3.05, 3.63) is 42.4 Å². The van der Waals surface area contributed by atoms with Gasteiger partial charge in [-0.3, -0.25) is 4.98 Å². The van der Waals surface area contributed by atoms with Gasteiger partial charge in [-0.2, -0.15) is 0 Å². The number of benzene rings is 1. The molecule has 0 aliphatic carbocycles. The Morgan fingerprint density at radius 2 is 2.04 bits per heavy atom. The Hall–Kier alpha value is -3.06. The van der Waals surface area contributed by atoms with Crippen molar-refractivity contribution < 1.29 is 5.11 Å². The summed E-state index contributed by atoms with van der Waals surface area (Å²) in [5, 5.41) is 20.5. The lowest BCUT2D eigenvalue weighted by Crippen LogP contribution is -2.33. The molecule has 142 valence electrons. The maximum Gasteiger partial charge on any atom is 0.183 e. The molecule has 7 nitrogen and oxygen atoms in total. The zero-order chi connectivity index (χ0) is 19.3. The monoisotopic (exact) mass is 374 g/mol. The first kappa shape index (κ1) is 17.1. The van der Waals surface area contributed by atoms with E-state index in [-0.39, 0.29) is 5.75 Å². The van der Waals surface area contributed by atoms with E-state index in [1.54, 1.807) is 6.20 Å². The quantitative estimate of drug-likeness (QED) is 0.580. The third kappa shape index (κ3) is 2.62. The molecule has 5 rings (SSSR count). The summed E-state index contributed by atoms with van der Waals surface area (Å²) in [5.41, 5.74) is 4.63. The van der Waals surface area contributed by atoms with Gasteiger partial charge in [0.15, 0.2) is 5.65 Å². The van der Waals surface area contributed by atoms with Crippen LogP contribution in [0, 0.1) is 6.92 Å². The van der Waals surface area contributed by atoms with Crippen LogP contribution in [-0.2, 0) is 0 Å². The molecule has 7 heteroatoms. The molecule has 4 aromatic rings. The molecule has 3 aromatic heterocycles. The standard InChI is InChI=1S/C21H22N6O/c1-13-18(16-7-8-17-15(20(16)28)6-3-9-22-17)24-25-21-19(13)23-12-27(21)14-5-4-10-26(2)11-14/h3,6-9,12,14,28H,4-5,10-11H2,1-2H3/t14-/m1/s1. The predicted octanol–water partition coefficient (Wildman–Crippen LogP) is 3.32. The number of aryl methyl sites for hydroxylation is 1. The fourth-order valence-corrected chi connectivity index (χ4v) is 4.22. The molecular weight excluding hydrogens is 352 g/mol. The Labute approximate surface area is 162 Å². The second-order valence-electron chi connectivity index (χ2n) is 7.59. The first-order valence-electron chi connectivity index (χ1n) is 9.59. The average Bonchev–Trinajstić information content (AvgIpc) is 3.14. The van der Waals surface area contributed by atoms with Crippen LogP contribution in [0.5, 0.6) is 5.75 Å². The maximum absolute atomic E-state index is 10.8. The van der Waals surface area contributed by atoms with Crippen LogP contribution >= 0.6 is 0 Å². The van der Waals surface area contributed by atoms with E-state index in [0.29, 0.717) is 22.7 Å². The Kier molecular flexibility index (Phi) is 3.98. The molecular formula is C21H22N6O. The Morgan fingerprint density at radius 1 is 1.14 bits per heavy atom. The van der Waals surface area contributed by atoms with Gasteiger partial charge in [-0.25, -0.2) is 4.98 Å². The Morgan fingerprint density at radius 3 is 2.89 bits per heavy atom. The molecule has 28 heavy (non-hydrogen) atoms. The normalized spacial score (nSPS) is 18.1. The molecule has 4 heterocycles. The highest BCUT2D eigenvalue weighted by atomic mass is 16.3. The van der Waals surface area contributed by atoms with Crippen LogP contribution < -0.4 is 0 Å². The summed E-state index contributed by atoms with van der Waals surface area (Å²) < 4.78 is 2.15. The summed E-state index contributed by atoms with van der Waals surface area (Å²) in [7, 11) is 2.15. The van der Waals surface area contributed by atoms with Crippen LogP contribution in [-0.4, -0.2) is 54.9 Å². The molecule has 0 radical (unpaired) electrons. The maximum atomic E-state index is 10.8.